The van der Waals surface area contributed by atoms with E-state index < -0.39 is 0 Å². The molecule has 0 aromatic rings. The van der Waals surface area contributed by atoms with Crippen LogP contribution in [0.15, 0.2) is 4.99 Å². The number of morpholine rings is 1. The predicted molar refractivity (Wildman–Crippen MR) is 118 cm³/mol. The van der Waals surface area contributed by atoms with Gasteiger partial charge in [0.05, 0.1) is 13.2 Å². The largest absolute Gasteiger partial charge is 0.382 e. The van der Waals surface area contributed by atoms with E-state index >= 15 is 0 Å². The molecule has 1 saturated heterocycles. The summed E-state index contributed by atoms with van der Waals surface area (Å²) >= 11 is 0. The van der Waals surface area contributed by atoms with E-state index in [9.17, 15) is 4.79 Å². The van der Waals surface area contributed by atoms with Gasteiger partial charge in [-0.3, -0.25) is 9.69 Å². The van der Waals surface area contributed by atoms with Crippen LogP contribution in [0.25, 0.3) is 0 Å². The average Bonchev–Trinajstić information content (AvgIpc) is 2.74. The first kappa shape index (κ1) is 25.7. The molecule has 8 heteroatoms. The van der Waals surface area contributed by atoms with Crippen LogP contribution < -0.4 is 10.6 Å². The molecule has 0 radical (unpaired) electrons. The van der Waals surface area contributed by atoms with Crippen LogP contribution in [-0.2, 0) is 14.3 Å². The van der Waals surface area contributed by atoms with Crippen LogP contribution in [0.1, 0.15) is 40.0 Å². The van der Waals surface area contributed by atoms with Crippen LogP contribution in [0.5, 0.6) is 0 Å². The van der Waals surface area contributed by atoms with E-state index in [1.807, 2.05) is 6.92 Å². The van der Waals surface area contributed by atoms with E-state index in [-0.39, 0.29) is 12.5 Å². The number of hydrogen-bond acceptors (Lipinski definition) is 5. The molecule has 1 aliphatic rings. The molecule has 1 fully saturated rings. The van der Waals surface area contributed by atoms with Crippen LogP contribution in [-0.4, -0.2) is 101 Å². The normalized spacial score (nSPS) is 16.7. The van der Waals surface area contributed by atoms with Gasteiger partial charge in [0, 0.05) is 59.5 Å². The minimum atomic E-state index is -0.00913. The lowest BCUT2D eigenvalue weighted by Gasteiger charge is -2.39. The molecule has 1 amide bonds. The molecule has 0 aromatic carbocycles. The summed E-state index contributed by atoms with van der Waals surface area (Å²) in [5, 5.41) is 6.85. The second-order valence-corrected chi connectivity index (χ2v) is 7.60. The molecule has 170 valence electrons. The maximum Gasteiger partial charge on any atom is 0.243 e. The van der Waals surface area contributed by atoms with Gasteiger partial charge in [-0.05, 0) is 19.3 Å². The zero-order valence-electron chi connectivity index (χ0n) is 19.2. The highest BCUT2D eigenvalue weighted by Crippen LogP contribution is 2.19. The molecule has 0 spiro atoms. The minimum absolute atomic E-state index is 0.00913. The quantitative estimate of drug-likeness (QED) is 0.268. The lowest BCUT2D eigenvalue weighted by Crippen LogP contribution is -2.53. The van der Waals surface area contributed by atoms with Gasteiger partial charge in [-0.25, -0.2) is 4.99 Å². The molecule has 1 atom stereocenters. The summed E-state index contributed by atoms with van der Waals surface area (Å²) < 4.78 is 10.9. The van der Waals surface area contributed by atoms with Gasteiger partial charge in [0.15, 0.2) is 5.96 Å². The molecule has 1 aliphatic heterocycles. The molecule has 0 saturated carbocycles. The van der Waals surface area contributed by atoms with E-state index in [1.54, 1.807) is 19.0 Å². The van der Waals surface area contributed by atoms with E-state index in [0.717, 1.165) is 71.9 Å². The van der Waals surface area contributed by atoms with Crippen molar-refractivity contribution in [3.05, 3.63) is 0 Å². The summed E-state index contributed by atoms with van der Waals surface area (Å²) in [6.45, 7) is 13.2. The molecule has 1 heterocycles. The summed E-state index contributed by atoms with van der Waals surface area (Å²) in [4.78, 5) is 20.6. The fourth-order valence-corrected chi connectivity index (χ4v) is 3.52. The Morgan fingerprint density at radius 3 is 2.45 bits per heavy atom. The fourth-order valence-electron chi connectivity index (χ4n) is 3.52. The Kier molecular flexibility index (Phi) is 13.7. The van der Waals surface area contributed by atoms with E-state index in [2.05, 4.69) is 34.4 Å². The van der Waals surface area contributed by atoms with E-state index in [4.69, 9.17) is 9.47 Å². The fraction of sp³-hybridized carbons (Fsp3) is 0.905. The summed E-state index contributed by atoms with van der Waals surface area (Å²) in [6, 6.07) is 0.425. The SMILES string of the molecule is CCOCCCNC(=NCC(=O)N(C)C)NCC(C(CC)CC)N1CCOCC1. The highest BCUT2D eigenvalue weighted by Gasteiger charge is 2.27. The van der Waals surface area contributed by atoms with Crippen LogP contribution >= 0.6 is 0 Å². The van der Waals surface area contributed by atoms with Gasteiger partial charge in [-0.15, -0.1) is 0 Å². The molecule has 1 unspecified atom stereocenters. The summed E-state index contributed by atoms with van der Waals surface area (Å²) in [7, 11) is 3.50. The van der Waals surface area contributed by atoms with Gasteiger partial charge in [-0.2, -0.15) is 0 Å². The van der Waals surface area contributed by atoms with Crippen molar-refractivity contribution in [2.45, 2.75) is 46.1 Å². The van der Waals surface area contributed by atoms with Gasteiger partial charge in [0.1, 0.15) is 6.54 Å². The van der Waals surface area contributed by atoms with Crippen molar-refractivity contribution in [1.82, 2.24) is 20.4 Å². The van der Waals surface area contributed by atoms with Gasteiger partial charge in [-0.1, -0.05) is 26.7 Å². The Hall–Kier alpha value is -1.38. The lowest BCUT2D eigenvalue weighted by atomic mass is 9.92. The van der Waals surface area contributed by atoms with Crippen molar-refractivity contribution in [2.24, 2.45) is 10.9 Å². The number of ether oxygens (including phenoxy) is 2. The van der Waals surface area contributed by atoms with Crippen LogP contribution in [0, 0.1) is 5.92 Å². The molecule has 0 aliphatic carbocycles. The average molecular weight is 414 g/mol. The van der Waals surface area contributed by atoms with E-state index in [0.29, 0.717) is 17.9 Å². The Morgan fingerprint density at radius 2 is 1.86 bits per heavy atom. The second-order valence-electron chi connectivity index (χ2n) is 7.60. The zero-order valence-corrected chi connectivity index (χ0v) is 19.2. The van der Waals surface area contributed by atoms with Crippen molar-refractivity contribution in [2.75, 3.05) is 73.2 Å². The third-order valence-electron chi connectivity index (χ3n) is 5.42. The standard InChI is InChI=1S/C21H43N5O3/c1-6-18(7-2)19(26-11-14-29-15-12-26)16-23-21(22-10-9-13-28-8-3)24-17-20(27)25(4)5/h18-19H,6-17H2,1-5H3,(H2,22,23,24). The summed E-state index contributed by atoms with van der Waals surface area (Å²) in [5.41, 5.74) is 0. The molecule has 0 aromatic heterocycles. The first-order valence-corrected chi connectivity index (χ1v) is 11.1. The molecule has 29 heavy (non-hydrogen) atoms. The van der Waals surface area contributed by atoms with Gasteiger partial charge < -0.3 is 25.0 Å². The number of guanidine groups is 1. The highest BCUT2D eigenvalue weighted by atomic mass is 16.5. The number of nitrogens with one attached hydrogen (secondary N) is 2. The Morgan fingerprint density at radius 1 is 1.17 bits per heavy atom. The van der Waals surface area contributed by atoms with Crippen molar-refractivity contribution in [1.29, 1.82) is 0 Å². The second kappa shape index (κ2) is 15.5. The lowest BCUT2D eigenvalue weighted by molar-refractivity contribution is -0.127. The molecule has 8 nitrogen and oxygen atoms in total. The Labute approximate surface area is 177 Å². The third kappa shape index (κ3) is 10.3. The first-order chi connectivity index (χ1) is 14.0. The van der Waals surface area contributed by atoms with Crippen LogP contribution in [0.3, 0.4) is 0 Å². The van der Waals surface area contributed by atoms with E-state index in [1.165, 1.54) is 0 Å². The Balaban J connectivity index is 2.72. The van der Waals surface area contributed by atoms with Crippen LogP contribution in [0.4, 0.5) is 0 Å². The number of hydrogen-bond donors (Lipinski definition) is 2. The van der Waals surface area contributed by atoms with Crippen LogP contribution in [0.2, 0.25) is 0 Å². The Bertz CT molecular complexity index is 463. The molecular weight excluding hydrogens is 370 g/mol. The van der Waals surface area contributed by atoms with Gasteiger partial charge in [0.25, 0.3) is 0 Å². The van der Waals surface area contributed by atoms with Crippen molar-refractivity contribution in [3.8, 4) is 0 Å². The van der Waals surface area contributed by atoms with Crippen molar-refractivity contribution >= 4 is 11.9 Å². The molecule has 2 N–H and O–H groups in total. The van der Waals surface area contributed by atoms with Gasteiger partial charge >= 0.3 is 0 Å². The number of carbonyl (C=O) groups excluding carboxylic acids is 1. The monoisotopic (exact) mass is 413 g/mol. The van der Waals surface area contributed by atoms with Crippen molar-refractivity contribution < 1.29 is 14.3 Å². The maximum absolute atomic E-state index is 12.0. The topological polar surface area (TPSA) is 78.4 Å². The number of rotatable bonds is 13. The minimum Gasteiger partial charge on any atom is -0.382 e. The number of amides is 1. The number of nitrogens with zero attached hydrogens (tertiary/aromatic N) is 3. The predicted octanol–water partition coefficient (Wildman–Crippen LogP) is 1.17. The molecule has 0 bridgehead atoms. The van der Waals surface area contributed by atoms with Crippen molar-refractivity contribution in [3.63, 3.8) is 0 Å². The highest BCUT2D eigenvalue weighted by molar-refractivity contribution is 5.84. The number of carbonyl (C=O) groups is 1. The molecule has 1 rings (SSSR count). The first-order valence-electron chi connectivity index (χ1n) is 11.1. The summed E-state index contributed by atoms with van der Waals surface area (Å²) in [6.07, 6.45) is 3.19. The number of aliphatic imine (C=N–C) groups is 1. The zero-order chi connectivity index (χ0) is 21.5. The smallest absolute Gasteiger partial charge is 0.243 e. The maximum atomic E-state index is 12.0. The third-order valence-corrected chi connectivity index (χ3v) is 5.42. The number of likely N-dealkylation sites (N-methyl/N-ethyl adjacent to an activating group) is 1. The van der Waals surface area contributed by atoms with Gasteiger partial charge in [0.2, 0.25) is 5.91 Å². The molecular formula is C21H43N5O3. The summed E-state index contributed by atoms with van der Waals surface area (Å²) in [5.74, 6) is 1.30.